The van der Waals surface area contributed by atoms with Gasteiger partial charge in [-0.15, -0.1) is 0 Å². The molecule has 0 aliphatic heterocycles. The van der Waals surface area contributed by atoms with Gasteiger partial charge in [0.2, 0.25) is 0 Å². The van der Waals surface area contributed by atoms with Crippen molar-refractivity contribution in [1.82, 2.24) is 9.97 Å². The first kappa shape index (κ1) is 13.3. The quantitative estimate of drug-likeness (QED) is 0.884. The highest BCUT2D eigenvalue weighted by atomic mass is 79.9. The Morgan fingerprint density at radius 3 is 2.21 bits per heavy atom. The standard InChI is InChI=1S/C15H21BrN2O/c16-12-13(10-6-4-5-7-10)17-14(18-15(12)19)11-8-2-1-3-9-11/h10-11H,1-9H2,(H,17,18,19). The summed E-state index contributed by atoms with van der Waals surface area (Å²) in [6.45, 7) is 0. The van der Waals surface area contributed by atoms with Crippen molar-refractivity contribution in [3.63, 3.8) is 0 Å². The number of H-pyrrole nitrogens is 1. The van der Waals surface area contributed by atoms with Crippen molar-refractivity contribution in [2.45, 2.75) is 69.6 Å². The minimum atomic E-state index is 0.0115. The molecule has 104 valence electrons. The average molecular weight is 325 g/mol. The molecule has 3 rings (SSSR count). The molecule has 0 aromatic carbocycles. The zero-order valence-electron chi connectivity index (χ0n) is 11.3. The van der Waals surface area contributed by atoms with E-state index in [1.807, 2.05) is 0 Å². The third-order valence-corrected chi connectivity index (χ3v) is 5.41. The Hall–Kier alpha value is -0.640. The molecule has 0 saturated heterocycles. The fraction of sp³-hybridized carbons (Fsp3) is 0.733. The molecule has 0 unspecified atom stereocenters. The number of aromatic nitrogens is 2. The molecule has 1 N–H and O–H groups in total. The minimum absolute atomic E-state index is 0.0115. The predicted octanol–water partition coefficient (Wildman–Crippen LogP) is 4.24. The summed E-state index contributed by atoms with van der Waals surface area (Å²) in [5.41, 5.74) is 1.03. The van der Waals surface area contributed by atoms with E-state index in [0.717, 1.165) is 11.5 Å². The fourth-order valence-corrected chi connectivity index (χ4v) is 4.04. The Kier molecular flexibility index (Phi) is 4.06. The lowest BCUT2D eigenvalue weighted by molar-refractivity contribution is 0.425. The second-order valence-corrected chi connectivity index (χ2v) is 6.76. The smallest absolute Gasteiger partial charge is 0.265 e. The first-order valence-corrected chi connectivity index (χ1v) is 8.34. The van der Waals surface area contributed by atoms with Gasteiger partial charge in [-0.25, -0.2) is 4.98 Å². The second-order valence-electron chi connectivity index (χ2n) is 5.97. The van der Waals surface area contributed by atoms with Crippen LogP contribution in [0.4, 0.5) is 0 Å². The number of aromatic amines is 1. The summed E-state index contributed by atoms with van der Waals surface area (Å²) in [5.74, 6) is 1.89. The number of hydrogen-bond acceptors (Lipinski definition) is 2. The van der Waals surface area contributed by atoms with E-state index in [1.165, 1.54) is 57.8 Å². The molecular formula is C15H21BrN2O. The number of nitrogens with zero attached hydrogens (tertiary/aromatic N) is 1. The maximum Gasteiger partial charge on any atom is 0.265 e. The molecule has 2 fully saturated rings. The van der Waals surface area contributed by atoms with Gasteiger partial charge < -0.3 is 4.98 Å². The van der Waals surface area contributed by atoms with Crippen molar-refractivity contribution in [1.29, 1.82) is 0 Å². The minimum Gasteiger partial charge on any atom is -0.309 e. The molecule has 1 heterocycles. The van der Waals surface area contributed by atoms with Gasteiger partial charge in [-0.2, -0.15) is 0 Å². The van der Waals surface area contributed by atoms with Crippen LogP contribution in [-0.2, 0) is 0 Å². The summed E-state index contributed by atoms with van der Waals surface area (Å²) in [5, 5.41) is 0. The average Bonchev–Trinajstić information content (AvgIpc) is 2.96. The molecule has 4 heteroatoms. The SMILES string of the molecule is O=c1[nH]c(C2CCCCC2)nc(C2CCCC2)c1Br. The zero-order valence-corrected chi connectivity index (χ0v) is 12.8. The van der Waals surface area contributed by atoms with Gasteiger partial charge >= 0.3 is 0 Å². The van der Waals surface area contributed by atoms with Crippen molar-refractivity contribution in [2.24, 2.45) is 0 Å². The van der Waals surface area contributed by atoms with Crippen LogP contribution >= 0.6 is 15.9 Å². The van der Waals surface area contributed by atoms with Gasteiger partial charge in [-0.05, 0) is 41.6 Å². The molecule has 2 aliphatic carbocycles. The highest BCUT2D eigenvalue weighted by molar-refractivity contribution is 9.10. The summed E-state index contributed by atoms with van der Waals surface area (Å²) >= 11 is 3.44. The summed E-state index contributed by atoms with van der Waals surface area (Å²) in [7, 11) is 0. The van der Waals surface area contributed by atoms with Crippen LogP contribution in [-0.4, -0.2) is 9.97 Å². The van der Waals surface area contributed by atoms with E-state index in [1.54, 1.807) is 0 Å². The Bertz CT molecular complexity index is 499. The Morgan fingerprint density at radius 2 is 1.53 bits per heavy atom. The van der Waals surface area contributed by atoms with Gasteiger partial charge in [0.05, 0.1) is 5.69 Å². The van der Waals surface area contributed by atoms with E-state index in [-0.39, 0.29) is 5.56 Å². The molecule has 1 aromatic rings. The number of hydrogen-bond donors (Lipinski definition) is 1. The lowest BCUT2D eigenvalue weighted by atomic mass is 9.88. The van der Waals surface area contributed by atoms with Gasteiger partial charge in [-0.1, -0.05) is 32.1 Å². The Labute approximate surface area is 122 Å². The highest BCUT2D eigenvalue weighted by Crippen LogP contribution is 2.37. The van der Waals surface area contributed by atoms with Crippen molar-refractivity contribution in [3.05, 3.63) is 26.3 Å². The number of nitrogens with one attached hydrogen (secondary N) is 1. The summed E-state index contributed by atoms with van der Waals surface area (Å²) in [6.07, 6.45) is 11.1. The number of halogens is 1. The van der Waals surface area contributed by atoms with Gasteiger partial charge in [-0.3, -0.25) is 4.79 Å². The van der Waals surface area contributed by atoms with Crippen LogP contribution in [0.5, 0.6) is 0 Å². The molecule has 1 aromatic heterocycles. The van der Waals surface area contributed by atoms with Crippen LogP contribution in [0, 0.1) is 0 Å². The van der Waals surface area contributed by atoms with Crippen LogP contribution in [0.3, 0.4) is 0 Å². The van der Waals surface area contributed by atoms with E-state index in [0.29, 0.717) is 16.3 Å². The monoisotopic (exact) mass is 324 g/mol. The first-order valence-electron chi connectivity index (χ1n) is 7.55. The van der Waals surface area contributed by atoms with Crippen molar-refractivity contribution < 1.29 is 0 Å². The van der Waals surface area contributed by atoms with E-state index >= 15 is 0 Å². The van der Waals surface area contributed by atoms with Crippen LogP contribution in [0.15, 0.2) is 9.27 Å². The van der Waals surface area contributed by atoms with E-state index in [2.05, 4.69) is 20.9 Å². The second kappa shape index (κ2) is 5.78. The normalized spacial score (nSPS) is 21.9. The maximum absolute atomic E-state index is 12.1. The summed E-state index contributed by atoms with van der Waals surface area (Å²) in [4.78, 5) is 19.9. The zero-order chi connectivity index (χ0) is 13.2. The van der Waals surface area contributed by atoms with Crippen molar-refractivity contribution in [3.8, 4) is 0 Å². The third-order valence-electron chi connectivity index (χ3n) is 4.64. The maximum atomic E-state index is 12.1. The molecule has 2 aliphatic rings. The highest BCUT2D eigenvalue weighted by Gasteiger charge is 2.25. The topological polar surface area (TPSA) is 45.8 Å². The molecule has 3 nitrogen and oxygen atoms in total. The van der Waals surface area contributed by atoms with Crippen LogP contribution in [0.1, 0.15) is 81.1 Å². The molecule has 0 bridgehead atoms. The summed E-state index contributed by atoms with van der Waals surface area (Å²) in [6, 6.07) is 0. The predicted molar refractivity (Wildman–Crippen MR) is 79.6 cm³/mol. The van der Waals surface area contributed by atoms with E-state index < -0.39 is 0 Å². The lowest BCUT2D eigenvalue weighted by Gasteiger charge is -2.22. The largest absolute Gasteiger partial charge is 0.309 e. The summed E-state index contributed by atoms with van der Waals surface area (Å²) < 4.78 is 0.666. The van der Waals surface area contributed by atoms with Gasteiger partial charge in [0.1, 0.15) is 10.3 Å². The lowest BCUT2D eigenvalue weighted by Crippen LogP contribution is -2.20. The van der Waals surface area contributed by atoms with Crippen molar-refractivity contribution in [2.75, 3.05) is 0 Å². The molecule has 0 amide bonds. The van der Waals surface area contributed by atoms with Gasteiger partial charge in [0.25, 0.3) is 5.56 Å². The molecular weight excluding hydrogens is 304 g/mol. The van der Waals surface area contributed by atoms with Gasteiger partial charge in [0.15, 0.2) is 0 Å². The third kappa shape index (κ3) is 2.78. The van der Waals surface area contributed by atoms with Crippen molar-refractivity contribution >= 4 is 15.9 Å². The fourth-order valence-electron chi connectivity index (χ4n) is 3.53. The van der Waals surface area contributed by atoms with E-state index in [4.69, 9.17) is 4.98 Å². The molecule has 0 atom stereocenters. The van der Waals surface area contributed by atoms with Crippen LogP contribution < -0.4 is 5.56 Å². The molecule has 2 saturated carbocycles. The molecule has 19 heavy (non-hydrogen) atoms. The molecule has 0 radical (unpaired) electrons. The molecule has 0 spiro atoms. The first-order chi connectivity index (χ1) is 9.25. The van der Waals surface area contributed by atoms with E-state index in [9.17, 15) is 4.79 Å². The Balaban J connectivity index is 1.94. The van der Waals surface area contributed by atoms with Crippen LogP contribution in [0.2, 0.25) is 0 Å². The van der Waals surface area contributed by atoms with Gasteiger partial charge in [0, 0.05) is 11.8 Å². The number of rotatable bonds is 2. The Morgan fingerprint density at radius 1 is 0.947 bits per heavy atom. The van der Waals surface area contributed by atoms with Crippen LogP contribution in [0.25, 0.3) is 0 Å².